The topological polar surface area (TPSA) is 39.1 Å². The SMILES string of the molecule is N#CC1(NC2CC2)CCCC(N2CCCC2)C1. The van der Waals surface area contributed by atoms with Crippen molar-refractivity contribution in [3.63, 3.8) is 0 Å². The smallest absolute Gasteiger partial charge is 0.108 e. The van der Waals surface area contributed by atoms with Crippen LogP contribution in [0.15, 0.2) is 0 Å². The molecule has 17 heavy (non-hydrogen) atoms. The van der Waals surface area contributed by atoms with Crippen molar-refractivity contribution < 1.29 is 0 Å². The Kier molecular flexibility index (Phi) is 3.10. The molecule has 2 unspecified atom stereocenters. The summed E-state index contributed by atoms with van der Waals surface area (Å²) in [5, 5.41) is 13.2. The van der Waals surface area contributed by atoms with Crippen molar-refractivity contribution in [2.45, 2.75) is 69.0 Å². The van der Waals surface area contributed by atoms with Gasteiger partial charge in [0.2, 0.25) is 0 Å². The van der Waals surface area contributed by atoms with Gasteiger partial charge in [0.1, 0.15) is 5.54 Å². The fraction of sp³-hybridized carbons (Fsp3) is 0.929. The number of nitrogens with one attached hydrogen (secondary N) is 1. The van der Waals surface area contributed by atoms with Gasteiger partial charge in [-0.25, -0.2) is 0 Å². The zero-order valence-electron chi connectivity index (χ0n) is 10.6. The lowest BCUT2D eigenvalue weighted by molar-refractivity contribution is 0.142. The van der Waals surface area contributed by atoms with Crippen molar-refractivity contribution in [2.75, 3.05) is 13.1 Å². The average molecular weight is 233 g/mol. The molecule has 94 valence electrons. The summed E-state index contributed by atoms with van der Waals surface area (Å²) in [6.07, 6.45) is 9.89. The summed E-state index contributed by atoms with van der Waals surface area (Å²) in [7, 11) is 0. The van der Waals surface area contributed by atoms with Gasteiger partial charge in [-0.05, 0) is 64.5 Å². The Balaban J connectivity index is 1.65. The van der Waals surface area contributed by atoms with Gasteiger partial charge in [-0.2, -0.15) is 5.26 Å². The van der Waals surface area contributed by atoms with Gasteiger partial charge in [0.15, 0.2) is 0 Å². The molecule has 2 atom stereocenters. The van der Waals surface area contributed by atoms with E-state index in [2.05, 4.69) is 16.3 Å². The summed E-state index contributed by atoms with van der Waals surface area (Å²) >= 11 is 0. The van der Waals surface area contributed by atoms with Crippen LogP contribution < -0.4 is 5.32 Å². The van der Waals surface area contributed by atoms with Crippen molar-refractivity contribution in [2.24, 2.45) is 0 Å². The first kappa shape index (κ1) is 11.5. The van der Waals surface area contributed by atoms with Crippen molar-refractivity contribution in [1.82, 2.24) is 10.2 Å². The number of likely N-dealkylation sites (tertiary alicyclic amines) is 1. The molecule has 0 aromatic heterocycles. The third-order valence-electron chi connectivity index (χ3n) is 4.65. The van der Waals surface area contributed by atoms with Crippen LogP contribution in [0.5, 0.6) is 0 Å². The molecule has 0 spiro atoms. The van der Waals surface area contributed by atoms with Gasteiger partial charge in [-0.15, -0.1) is 0 Å². The Morgan fingerprint density at radius 3 is 2.53 bits per heavy atom. The van der Waals surface area contributed by atoms with E-state index in [0.717, 1.165) is 12.8 Å². The summed E-state index contributed by atoms with van der Waals surface area (Å²) in [5.41, 5.74) is -0.202. The van der Waals surface area contributed by atoms with Gasteiger partial charge in [-0.3, -0.25) is 5.32 Å². The minimum Gasteiger partial charge on any atom is -0.300 e. The Bertz CT molecular complexity index is 312. The summed E-state index contributed by atoms with van der Waals surface area (Å²) in [6.45, 7) is 2.52. The van der Waals surface area contributed by atoms with E-state index in [1.54, 1.807) is 0 Å². The van der Waals surface area contributed by atoms with Crippen LogP contribution in [0, 0.1) is 11.3 Å². The fourth-order valence-electron chi connectivity index (χ4n) is 3.55. The van der Waals surface area contributed by atoms with E-state index >= 15 is 0 Å². The predicted octanol–water partition coefficient (Wildman–Crippen LogP) is 2.04. The number of hydrogen-bond donors (Lipinski definition) is 1. The Morgan fingerprint density at radius 1 is 1.12 bits per heavy atom. The molecule has 1 aliphatic heterocycles. The number of nitrogens with zero attached hydrogens (tertiary/aromatic N) is 2. The van der Waals surface area contributed by atoms with Crippen LogP contribution in [0.2, 0.25) is 0 Å². The minimum atomic E-state index is -0.202. The lowest BCUT2D eigenvalue weighted by atomic mass is 9.79. The van der Waals surface area contributed by atoms with Crippen LogP contribution in [-0.2, 0) is 0 Å². The molecular formula is C14H23N3. The van der Waals surface area contributed by atoms with Gasteiger partial charge >= 0.3 is 0 Å². The van der Waals surface area contributed by atoms with Crippen LogP contribution in [0.3, 0.4) is 0 Å². The van der Waals surface area contributed by atoms with Gasteiger partial charge in [0, 0.05) is 12.1 Å². The highest BCUT2D eigenvalue weighted by Crippen LogP contribution is 2.35. The quantitative estimate of drug-likeness (QED) is 0.811. The first-order valence-electron chi connectivity index (χ1n) is 7.24. The fourth-order valence-corrected chi connectivity index (χ4v) is 3.55. The standard InChI is InChI=1S/C14H23N3/c15-11-14(16-12-5-6-12)7-3-4-13(10-14)17-8-1-2-9-17/h12-13,16H,1-10H2. The maximum absolute atomic E-state index is 9.55. The Hall–Kier alpha value is -0.590. The molecule has 0 aromatic rings. The van der Waals surface area contributed by atoms with Crippen molar-refractivity contribution >= 4 is 0 Å². The molecule has 1 saturated heterocycles. The van der Waals surface area contributed by atoms with Crippen LogP contribution in [0.25, 0.3) is 0 Å². The van der Waals surface area contributed by atoms with Crippen molar-refractivity contribution in [1.29, 1.82) is 5.26 Å². The summed E-state index contributed by atoms with van der Waals surface area (Å²) < 4.78 is 0. The molecule has 3 aliphatic rings. The lowest BCUT2D eigenvalue weighted by Gasteiger charge is -2.40. The monoisotopic (exact) mass is 233 g/mol. The minimum absolute atomic E-state index is 0.202. The van der Waals surface area contributed by atoms with Crippen LogP contribution in [0.1, 0.15) is 51.4 Å². The molecule has 0 aromatic carbocycles. The number of nitriles is 1. The van der Waals surface area contributed by atoms with E-state index in [9.17, 15) is 5.26 Å². The van der Waals surface area contributed by atoms with E-state index in [1.165, 1.54) is 51.6 Å². The van der Waals surface area contributed by atoms with Crippen LogP contribution in [0.4, 0.5) is 0 Å². The molecule has 0 radical (unpaired) electrons. The zero-order valence-corrected chi connectivity index (χ0v) is 10.6. The third kappa shape index (κ3) is 2.48. The Labute approximate surface area is 104 Å². The molecule has 0 bridgehead atoms. The first-order chi connectivity index (χ1) is 8.31. The van der Waals surface area contributed by atoms with Gasteiger partial charge in [-0.1, -0.05) is 0 Å². The molecule has 2 aliphatic carbocycles. The first-order valence-corrected chi connectivity index (χ1v) is 7.24. The second-order valence-corrected chi connectivity index (χ2v) is 6.11. The largest absolute Gasteiger partial charge is 0.300 e. The molecule has 2 saturated carbocycles. The van der Waals surface area contributed by atoms with Crippen LogP contribution >= 0.6 is 0 Å². The highest BCUT2D eigenvalue weighted by Gasteiger charge is 2.42. The maximum atomic E-state index is 9.55. The number of rotatable bonds is 3. The molecule has 3 nitrogen and oxygen atoms in total. The molecular weight excluding hydrogens is 210 g/mol. The molecule has 1 heterocycles. The second-order valence-electron chi connectivity index (χ2n) is 6.11. The van der Waals surface area contributed by atoms with Gasteiger partial charge in [0.25, 0.3) is 0 Å². The lowest BCUT2D eigenvalue weighted by Crippen LogP contribution is -2.53. The van der Waals surface area contributed by atoms with E-state index in [1.807, 2.05) is 0 Å². The Morgan fingerprint density at radius 2 is 1.88 bits per heavy atom. The summed E-state index contributed by atoms with van der Waals surface area (Å²) in [4.78, 5) is 2.62. The van der Waals surface area contributed by atoms with Crippen molar-refractivity contribution in [3.8, 4) is 6.07 Å². The van der Waals surface area contributed by atoms with E-state index < -0.39 is 0 Å². The number of hydrogen-bond acceptors (Lipinski definition) is 3. The second kappa shape index (κ2) is 4.59. The van der Waals surface area contributed by atoms with Crippen molar-refractivity contribution in [3.05, 3.63) is 0 Å². The summed E-state index contributed by atoms with van der Waals surface area (Å²) in [6, 6.07) is 3.91. The van der Waals surface area contributed by atoms with Gasteiger partial charge in [0.05, 0.1) is 6.07 Å². The highest BCUT2D eigenvalue weighted by molar-refractivity contribution is 5.13. The average Bonchev–Trinajstić information content (AvgIpc) is 2.99. The zero-order chi connectivity index (χ0) is 11.7. The predicted molar refractivity (Wildman–Crippen MR) is 67.6 cm³/mol. The van der Waals surface area contributed by atoms with Gasteiger partial charge < -0.3 is 4.90 Å². The third-order valence-corrected chi connectivity index (χ3v) is 4.65. The molecule has 0 amide bonds. The van der Waals surface area contributed by atoms with E-state index in [0.29, 0.717) is 12.1 Å². The van der Waals surface area contributed by atoms with E-state index in [-0.39, 0.29) is 5.54 Å². The normalized spacial score (nSPS) is 39.1. The van der Waals surface area contributed by atoms with Crippen LogP contribution in [-0.4, -0.2) is 35.6 Å². The maximum Gasteiger partial charge on any atom is 0.108 e. The molecule has 1 N–H and O–H groups in total. The summed E-state index contributed by atoms with van der Waals surface area (Å²) in [5.74, 6) is 0. The molecule has 3 rings (SSSR count). The van der Waals surface area contributed by atoms with E-state index in [4.69, 9.17) is 0 Å². The molecule has 3 fully saturated rings. The highest BCUT2D eigenvalue weighted by atomic mass is 15.2. The molecule has 3 heteroatoms.